The number of anilines is 3. The van der Waals surface area contributed by atoms with E-state index in [-0.39, 0.29) is 18.4 Å². The van der Waals surface area contributed by atoms with Gasteiger partial charge in [0.05, 0.1) is 6.54 Å². The van der Waals surface area contributed by atoms with Crippen LogP contribution in [0.25, 0.3) is 0 Å². The quantitative estimate of drug-likeness (QED) is 0.687. The summed E-state index contributed by atoms with van der Waals surface area (Å²) < 4.78 is 0. The van der Waals surface area contributed by atoms with E-state index in [1.807, 2.05) is 26.0 Å². The largest absolute Gasteiger partial charge is 0.376 e. The molecule has 5 nitrogen and oxygen atoms in total. The number of halogens is 1. The number of hydrogen-bond acceptors (Lipinski definition) is 3. The third-order valence-corrected chi connectivity index (χ3v) is 3.56. The van der Waals surface area contributed by atoms with Crippen molar-refractivity contribution in [3.8, 4) is 0 Å². The third-order valence-electron chi connectivity index (χ3n) is 3.32. The zero-order valence-corrected chi connectivity index (χ0v) is 15.1. The zero-order valence-electron chi connectivity index (χ0n) is 14.3. The van der Waals surface area contributed by atoms with Gasteiger partial charge in [-0.25, -0.2) is 0 Å². The van der Waals surface area contributed by atoms with E-state index in [0.717, 1.165) is 11.4 Å². The Bertz CT molecular complexity index is 730. The third kappa shape index (κ3) is 6.85. The first-order chi connectivity index (χ1) is 11.9. The smallest absolute Gasteiger partial charge is 0.243 e. The average Bonchev–Trinajstić information content (AvgIpc) is 2.53. The highest BCUT2D eigenvalue weighted by atomic mass is 35.5. The number of amides is 2. The summed E-state index contributed by atoms with van der Waals surface area (Å²) >= 11 is 5.88. The molecule has 0 aromatic heterocycles. The molecule has 3 N–H and O–H groups in total. The van der Waals surface area contributed by atoms with Gasteiger partial charge in [0.15, 0.2) is 0 Å². The second kappa shape index (κ2) is 9.08. The van der Waals surface area contributed by atoms with Crippen LogP contribution in [0.1, 0.15) is 20.3 Å². The molecule has 0 aliphatic heterocycles. The molecule has 0 saturated heterocycles. The van der Waals surface area contributed by atoms with Crippen molar-refractivity contribution in [1.29, 1.82) is 0 Å². The predicted octanol–water partition coefficient (Wildman–Crippen LogP) is 4.38. The van der Waals surface area contributed by atoms with Gasteiger partial charge in [-0.05, 0) is 48.4 Å². The Kier molecular flexibility index (Phi) is 6.83. The minimum absolute atomic E-state index is 0.00314. The molecule has 0 fully saturated rings. The van der Waals surface area contributed by atoms with E-state index in [2.05, 4.69) is 16.0 Å². The Balaban J connectivity index is 1.81. The van der Waals surface area contributed by atoms with Crippen LogP contribution in [0.5, 0.6) is 0 Å². The van der Waals surface area contributed by atoms with Gasteiger partial charge < -0.3 is 16.0 Å². The first-order valence-electron chi connectivity index (χ1n) is 8.11. The second-order valence-electron chi connectivity index (χ2n) is 6.14. The van der Waals surface area contributed by atoms with Crippen molar-refractivity contribution in [3.05, 3.63) is 53.6 Å². The summed E-state index contributed by atoms with van der Waals surface area (Å²) in [7, 11) is 0. The molecular formula is C19H22ClN3O2. The number of hydrogen-bond donors (Lipinski definition) is 3. The first kappa shape index (κ1) is 18.8. The molecular weight excluding hydrogens is 338 g/mol. The molecule has 0 bridgehead atoms. The van der Waals surface area contributed by atoms with Gasteiger partial charge >= 0.3 is 0 Å². The maximum absolute atomic E-state index is 11.9. The monoisotopic (exact) mass is 359 g/mol. The van der Waals surface area contributed by atoms with E-state index in [1.165, 1.54) is 0 Å². The normalized spacial score (nSPS) is 10.4. The van der Waals surface area contributed by atoms with Gasteiger partial charge in [-0.2, -0.15) is 0 Å². The fraction of sp³-hybridized carbons (Fsp3) is 0.263. The summed E-state index contributed by atoms with van der Waals surface area (Å²) in [6, 6.07) is 14.2. The average molecular weight is 360 g/mol. The fourth-order valence-corrected chi connectivity index (χ4v) is 2.40. The van der Waals surface area contributed by atoms with Crippen LogP contribution in [0, 0.1) is 5.92 Å². The number of nitrogens with one attached hydrogen (secondary N) is 3. The molecule has 132 valence electrons. The van der Waals surface area contributed by atoms with Gasteiger partial charge in [0, 0.05) is 28.5 Å². The van der Waals surface area contributed by atoms with Crippen LogP contribution < -0.4 is 16.0 Å². The van der Waals surface area contributed by atoms with Gasteiger partial charge in [0.1, 0.15) is 0 Å². The SMILES string of the molecule is CC(C)CC(=O)Nc1ccc(NCC(=O)Nc2cccc(Cl)c2)cc1. The fourth-order valence-electron chi connectivity index (χ4n) is 2.21. The summed E-state index contributed by atoms with van der Waals surface area (Å²) in [5.74, 6) is 0.145. The summed E-state index contributed by atoms with van der Waals surface area (Å²) in [5.41, 5.74) is 2.19. The Morgan fingerprint density at radius 2 is 1.56 bits per heavy atom. The first-order valence-corrected chi connectivity index (χ1v) is 8.49. The molecule has 0 saturated carbocycles. The van der Waals surface area contributed by atoms with Crippen LogP contribution in [0.15, 0.2) is 48.5 Å². The van der Waals surface area contributed by atoms with E-state index in [9.17, 15) is 9.59 Å². The Morgan fingerprint density at radius 1 is 0.920 bits per heavy atom. The molecule has 0 spiro atoms. The van der Waals surface area contributed by atoms with Crippen LogP contribution in [0.2, 0.25) is 5.02 Å². The van der Waals surface area contributed by atoms with Crippen molar-refractivity contribution in [1.82, 2.24) is 0 Å². The number of carbonyl (C=O) groups excluding carboxylic acids is 2. The van der Waals surface area contributed by atoms with Gasteiger partial charge in [0.25, 0.3) is 0 Å². The Hall–Kier alpha value is -2.53. The van der Waals surface area contributed by atoms with Gasteiger partial charge in [-0.3, -0.25) is 9.59 Å². The van der Waals surface area contributed by atoms with Crippen molar-refractivity contribution in [2.24, 2.45) is 5.92 Å². The van der Waals surface area contributed by atoms with E-state index in [1.54, 1.807) is 36.4 Å². The van der Waals surface area contributed by atoms with E-state index < -0.39 is 0 Å². The molecule has 0 heterocycles. The Labute approximate surface area is 152 Å². The molecule has 2 aromatic carbocycles. The van der Waals surface area contributed by atoms with Crippen LogP contribution in [0.4, 0.5) is 17.1 Å². The Morgan fingerprint density at radius 3 is 2.20 bits per heavy atom. The van der Waals surface area contributed by atoms with Crippen molar-refractivity contribution in [2.45, 2.75) is 20.3 Å². The van der Waals surface area contributed by atoms with Crippen LogP contribution in [0.3, 0.4) is 0 Å². The topological polar surface area (TPSA) is 70.2 Å². The van der Waals surface area contributed by atoms with Crippen molar-refractivity contribution >= 4 is 40.5 Å². The summed E-state index contributed by atoms with van der Waals surface area (Å²) in [4.78, 5) is 23.7. The summed E-state index contributed by atoms with van der Waals surface area (Å²) in [6.07, 6.45) is 0.490. The van der Waals surface area contributed by atoms with Crippen LogP contribution >= 0.6 is 11.6 Å². The van der Waals surface area contributed by atoms with Crippen LogP contribution in [-0.2, 0) is 9.59 Å². The standard InChI is InChI=1S/C19H22ClN3O2/c1-13(2)10-18(24)22-16-8-6-15(7-9-16)21-12-19(25)23-17-5-3-4-14(20)11-17/h3-9,11,13,21H,10,12H2,1-2H3,(H,22,24)(H,23,25). The lowest BCUT2D eigenvalue weighted by atomic mass is 10.1. The molecule has 0 atom stereocenters. The van der Waals surface area contributed by atoms with Gasteiger partial charge in [-0.15, -0.1) is 0 Å². The minimum atomic E-state index is -0.170. The summed E-state index contributed by atoms with van der Waals surface area (Å²) in [6.45, 7) is 4.13. The van der Waals surface area contributed by atoms with Crippen molar-refractivity contribution < 1.29 is 9.59 Å². The molecule has 0 aliphatic rings. The summed E-state index contributed by atoms with van der Waals surface area (Å²) in [5, 5.41) is 9.22. The molecule has 0 aliphatic carbocycles. The molecule has 0 unspecified atom stereocenters. The molecule has 2 amide bonds. The van der Waals surface area contributed by atoms with E-state index in [4.69, 9.17) is 11.6 Å². The molecule has 2 aromatic rings. The molecule has 6 heteroatoms. The lowest BCUT2D eigenvalue weighted by Gasteiger charge is -2.10. The van der Waals surface area contributed by atoms with Gasteiger partial charge in [-0.1, -0.05) is 31.5 Å². The minimum Gasteiger partial charge on any atom is -0.376 e. The number of rotatable bonds is 7. The highest BCUT2D eigenvalue weighted by Crippen LogP contribution is 2.16. The van der Waals surface area contributed by atoms with E-state index >= 15 is 0 Å². The molecule has 25 heavy (non-hydrogen) atoms. The molecule has 0 radical (unpaired) electrons. The maximum Gasteiger partial charge on any atom is 0.243 e. The highest BCUT2D eigenvalue weighted by Gasteiger charge is 2.06. The maximum atomic E-state index is 11.9. The second-order valence-corrected chi connectivity index (χ2v) is 6.57. The van der Waals surface area contributed by atoms with Crippen molar-refractivity contribution in [2.75, 3.05) is 22.5 Å². The lowest BCUT2D eigenvalue weighted by molar-refractivity contribution is -0.117. The van der Waals surface area contributed by atoms with Gasteiger partial charge in [0.2, 0.25) is 11.8 Å². The lowest BCUT2D eigenvalue weighted by Crippen LogP contribution is -2.21. The van der Waals surface area contributed by atoms with Crippen molar-refractivity contribution in [3.63, 3.8) is 0 Å². The number of carbonyl (C=O) groups is 2. The molecule has 2 rings (SSSR count). The zero-order chi connectivity index (χ0) is 18.2. The van der Waals surface area contributed by atoms with Crippen LogP contribution in [-0.4, -0.2) is 18.4 Å². The number of benzene rings is 2. The predicted molar refractivity (Wildman–Crippen MR) is 103 cm³/mol. The van der Waals surface area contributed by atoms with E-state index in [0.29, 0.717) is 23.0 Å². The highest BCUT2D eigenvalue weighted by molar-refractivity contribution is 6.30.